The van der Waals surface area contributed by atoms with Gasteiger partial charge in [-0.15, -0.1) is 11.6 Å². The van der Waals surface area contributed by atoms with Crippen LogP contribution in [0.25, 0.3) is 0 Å². The first-order valence-electron chi connectivity index (χ1n) is 6.87. The Morgan fingerprint density at radius 3 is 2.78 bits per heavy atom. The molecule has 1 aliphatic heterocycles. The molecule has 100 valence electrons. The van der Waals surface area contributed by atoms with Crippen LogP contribution in [-0.4, -0.2) is 12.6 Å². The Morgan fingerprint density at radius 2 is 2.11 bits per heavy atom. The van der Waals surface area contributed by atoms with Crippen LogP contribution >= 0.6 is 23.2 Å². The summed E-state index contributed by atoms with van der Waals surface area (Å²) in [6, 6.07) is 6.96. The molecule has 0 bridgehead atoms. The van der Waals surface area contributed by atoms with Gasteiger partial charge in [-0.2, -0.15) is 0 Å². The van der Waals surface area contributed by atoms with Crippen molar-refractivity contribution in [3.05, 3.63) is 28.8 Å². The summed E-state index contributed by atoms with van der Waals surface area (Å²) >= 11 is 12.1. The Balaban J connectivity index is 2.24. The fraction of sp³-hybridized carbons (Fsp3) is 0.600. The van der Waals surface area contributed by atoms with Crippen molar-refractivity contribution < 1.29 is 0 Å². The number of anilines is 1. The van der Waals surface area contributed by atoms with Crippen LogP contribution in [0.3, 0.4) is 0 Å². The number of alkyl halides is 1. The van der Waals surface area contributed by atoms with E-state index in [2.05, 4.69) is 30.0 Å². The van der Waals surface area contributed by atoms with Gasteiger partial charge >= 0.3 is 0 Å². The van der Waals surface area contributed by atoms with E-state index < -0.39 is 0 Å². The minimum absolute atomic E-state index is 0.482. The summed E-state index contributed by atoms with van der Waals surface area (Å²) in [7, 11) is 0. The molecule has 1 atom stereocenters. The number of nitrogens with zero attached hydrogens (tertiary/aromatic N) is 1. The quantitative estimate of drug-likeness (QED) is 0.687. The molecular weight excluding hydrogens is 265 g/mol. The third kappa shape index (κ3) is 3.13. The van der Waals surface area contributed by atoms with Gasteiger partial charge in [0.15, 0.2) is 0 Å². The van der Waals surface area contributed by atoms with Crippen molar-refractivity contribution in [1.29, 1.82) is 0 Å². The van der Waals surface area contributed by atoms with E-state index >= 15 is 0 Å². The van der Waals surface area contributed by atoms with Gasteiger partial charge in [0.2, 0.25) is 0 Å². The normalized spacial score (nSPS) is 20.8. The summed E-state index contributed by atoms with van der Waals surface area (Å²) in [6.07, 6.45) is 6.48. The average molecular weight is 286 g/mol. The summed E-state index contributed by atoms with van der Waals surface area (Å²) in [4.78, 5) is 2.52. The first kappa shape index (κ1) is 14.0. The summed E-state index contributed by atoms with van der Waals surface area (Å²) < 4.78 is 0. The molecule has 0 aromatic heterocycles. The molecule has 18 heavy (non-hydrogen) atoms. The number of rotatable bonds is 3. The zero-order valence-electron chi connectivity index (χ0n) is 11.0. The molecule has 1 unspecified atom stereocenters. The molecule has 2 rings (SSSR count). The van der Waals surface area contributed by atoms with Crippen LogP contribution in [0.5, 0.6) is 0 Å². The second-order valence-corrected chi connectivity index (χ2v) is 5.69. The molecule has 1 fully saturated rings. The Morgan fingerprint density at radius 1 is 1.28 bits per heavy atom. The molecule has 1 nitrogen and oxygen atoms in total. The van der Waals surface area contributed by atoms with Gasteiger partial charge in [0, 0.05) is 29.2 Å². The molecule has 0 N–H and O–H groups in total. The predicted octanol–water partition coefficient (Wildman–Crippen LogP) is 5.24. The van der Waals surface area contributed by atoms with Crippen molar-refractivity contribution in [2.24, 2.45) is 0 Å². The van der Waals surface area contributed by atoms with Gasteiger partial charge in [0.25, 0.3) is 0 Å². The van der Waals surface area contributed by atoms with Crippen LogP contribution in [0, 0.1) is 0 Å². The van der Waals surface area contributed by atoms with E-state index in [4.69, 9.17) is 23.2 Å². The van der Waals surface area contributed by atoms with E-state index in [1.807, 2.05) is 0 Å². The molecule has 0 amide bonds. The first-order chi connectivity index (χ1) is 8.76. The molecule has 1 aromatic rings. The molecule has 3 heteroatoms. The van der Waals surface area contributed by atoms with E-state index in [0.29, 0.717) is 11.9 Å². The van der Waals surface area contributed by atoms with E-state index in [1.165, 1.54) is 37.8 Å². The second kappa shape index (κ2) is 6.68. The monoisotopic (exact) mass is 285 g/mol. The SMILES string of the molecule is CCC1CCCCCN1c1ccc(CCl)c(Cl)c1. The van der Waals surface area contributed by atoms with E-state index in [-0.39, 0.29) is 0 Å². The topological polar surface area (TPSA) is 3.24 Å². The zero-order chi connectivity index (χ0) is 13.0. The summed E-state index contributed by atoms with van der Waals surface area (Å²) in [6.45, 7) is 3.42. The maximum absolute atomic E-state index is 6.27. The molecule has 1 heterocycles. The molecule has 0 spiro atoms. The van der Waals surface area contributed by atoms with Crippen molar-refractivity contribution in [2.45, 2.75) is 50.9 Å². The zero-order valence-corrected chi connectivity index (χ0v) is 12.5. The van der Waals surface area contributed by atoms with Crippen LogP contribution in [0.15, 0.2) is 18.2 Å². The van der Waals surface area contributed by atoms with Crippen molar-refractivity contribution in [2.75, 3.05) is 11.4 Å². The number of benzene rings is 1. The fourth-order valence-corrected chi connectivity index (χ4v) is 3.31. The minimum atomic E-state index is 0.482. The molecule has 1 aromatic carbocycles. The highest BCUT2D eigenvalue weighted by Crippen LogP contribution is 2.30. The number of hydrogen-bond donors (Lipinski definition) is 0. The van der Waals surface area contributed by atoms with Crippen molar-refractivity contribution in [3.63, 3.8) is 0 Å². The van der Waals surface area contributed by atoms with Gasteiger partial charge in [-0.1, -0.05) is 37.4 Å². The van der Waals surface area contributed by atoms with Crippen LogP contribution in [-0.2, 0) is 5.88 Å². The van der Waals surface area contributed by atoms with Crippen molar-refractivity contribution in [1.82, 2.24) is 0 Å². The minimum Gasteiger partial charge on any atom is -0.369 e. The molecule has 0 aliphatic carbocycles. The third-order valence-corrected chi connectivity index (χ3v) is 4.50. The summed E-state index contributed by atoms with van der Waals surface area (Å²) in [5.41, 5.74) is 2.27. The standard InChI is InChI=1S/C15H21Cl2N/c1-2-13-6-4-3-5-9-18(13)14-8-7-12(11-16)15(17)10-14/h7-8,10,13H,2-6,9,11H2,1H3. The first-order valence-corrected chi connectivity index (χ1v) is 7.78. The lowest BCUT2D eigenvalue weighted by atomic mass is 10.1. The summed E-state index contributed by atoms with van der Waals surface area (Å²) in [5, 5.41) is 0.793. The highest BCUT2D eigenvalue weighted by atomic mass is 35.5. The maximum Gasteiger partial charge on any atom is 0.0488 e. The van der Waals surface area contributed by atoms with E-state index in [0.717, 1.165) is 17.1 Å². The Hall–Kier alpha value is -0.400. The van der Waals surface area contributed by atoms with Crippen LogP contribution < -0.4 is 4.90 Å². The fourth-order valence-electron chi connectivity index (χ4n) is 2.76. The Labute approximate surface area is 120 Å². The molecule has 1 saturated heterocycles. The highest BCUT2D eigenvalue weighted by molar-refractivity contribution is 6.32. The third-order valence-electron chi connectivity index (χ3n) is 3.86. The van der Waals surface area contributed by atoms with Gasteiger partial charge < -0.3 is 4.90 Å². The number of hydrogen-bond acceptors (Lipinski definition) is 1. The highest BCUT2D eigenvalue weighted by Gasteiger charge is 2.20. The van der Waals surface area contributed by atoms with Gasteiger partial charge in [0.1, 0.15) is 0 Å². The smallest absolute Gasteiger partial charge is 0.0488 e. The lowest BCUT2D eigenvalue weighted by Crippen LogP contribution is -2.34. The molecule has 0 saturated carbocycles. The molecular formula is C15H21Cl2N. The van der Waals surface area contributed by atoms with Gasteiger partial charge in [-0.3, -0.25) is 0 Å². The average Bonchev–Trinajstić information content (AvgIpc) is 2.63. The van der Waals surface area contributed by atoms with Gasteiger partial charge in [-0.25, -0.2) is 0 Å². The lowest BCUT2D eigenvalue weighted by molar-refractivity contribution is 0.556. The van der Waals surface area contributed by atoms with Crippen molar-refractivity contribution >= 4 is 28.9 Å². The Bertz CT molecular complexity index is 392. The molecule has 0 radical (unpaired) electrons. The predicted molar refractivity (Wildman–Crippen MR) is 80.9 cm³/mol. The molecule has 1 aliphatic rings. The van der Waals surface area contributed by atoms with Gasteiger partial charge in [-0.05, 0) is 37.0 Å². The second-order valence-electron chi connectivity index (χ2n) is 5.01. The van der Waals surface area contributed by atoms with Crippen LogP contribution in [0.1, 0.15) is 44.6 Å². The van der Waals surface area contributed by atoms with E-state index in [9.17, 15) is 0 Å². The number of halogens is 2. The maximum atomic E-state index is 6.27. The van der Waals surface area contributed by atoms with Crippen LogP contribution in [0.4, 0.5) is 5.69 Å². The van der Waals surface area contributed by atoms with Crippen molar-refractivity contribution in [3.8, 4) is 0 Å². The van der Waals surface area contributed by atoms with Crippen LogP contribution in [0.2, 0.25) is 5.02 Å². The summed E-state index contributed by atoms with van der Waals surface area (Å²) in [5.74, 6) is 0.482. The largest absolute Gasteiger partial charge is 0.369 e. The lowest BCUT2D eigenvalue weighted by Gasteiger charge is -2.31. The van der Waals surface area contributed by atoms with Gasteiger partial charge in [0.05, 0.1) is 0 Å². The van der Waals surface area contributed by atoms with E-state index in [1.54, 1.807) is 0 Å². The Kier molecular flexibility index (Phi) is 5.20.